The van der Waals surface area contributed by atoms with Crippen molar-refractivity contribution < 1.29 is 14.2 Å². The molecule has 1 aromatic heterocycles. The quantitative estimate of drug-likeness (QED) is 0.525. The Hall–Kier alpha value is -2.96. The second-order valence-electron chi connectivity index (χ2n) is 6.96. The summed E-state index contributed by atoms with van der Waals surface area (Å²) in [7, 11) is 5.04. The third-order valence-corrected chi connectivity index (χ3v) is 5.01. The first-order valence-corrected chi connectivity index (χ1v) is 9.99. The van der Waals surface area contributed by atoms with Crippen LogP contribution in [0.4, 0.5) is 0 Å². The van der Waals surface area contributed by atoms with E-state index in [1.165, 1.54) is 12.8 Å². The number of nitrogens with zero attached hydrogens (tertiary/aromatic N) is 2. The Morgan fingerprint density at radius 3 is 2.62 bits per heavy atom. The van der Waals surface area contributed by atoms with Crippen LogP contribution in [0.3, 0.4) is 0 Å². The van der Waals surface area contributed by atoms with Crippen molar-refractivity contribution in [2.75, 3.05) is 21.3 Å². The molecule has 1 fully saturated rings. The molecule has 3 rings (SSSR count). The third-order valence-electron chi connectivity index (χ3n) is 5.01. The maximum Gasteiger partial charge on any atom is 0.213 e. The molecule has 7 heteroatoms. The van der Waals surface area contributed by atoms with Crippen LogP contribution in [-0.4, -0.2) is 38.3 Å². The third kappa shape index (κ3) is 5.76. The molecular weight excluding hydrogens is 368 g/mol. The van der Waals surface area contributed by atoms with Crippen molar-refractivity contribution in [3.63, 3.8) is 0 Å². The van der Waals surface area contributed by atoms with E-state index in [0.717, 1.165) is 35.5 Å². The van der Waals surface area contributed by atoms with Crippen LogP contribution in [0.5, 0.6) is 17.4 Å². The zero-order chi connectivity index (χ0) is 20.5. The van der Waals surface area contributed by atoms with E-state index in [9.17, 15) is 0 Å². The number of benzene rings is 1. The van der Waals surface area contributed by atoms with Gasteiger partial charge in [0.2, 0.25) is 5.88 Å². The molecule has 0 radical (unpaired) electrons. The van der Waals surface area contributed by atoms with Gasteiger partial charge in [-0.2, -0.15) is 0 Å². The van der Waals surface area contributed by atoms with Gasteiger partial charge in [-0.25, -0.2) is 4.98 Å². The lowest BCUT2D eigenvalue weighted by molar-refractivity contribution is 0.198. The van der Waals surface area contributed by atoms with Crippen LogP contribution in [0, 0.1) is 0 Å². The van der Waals surface area contributed by atoms with Crippen molar-refractivity contribution in [1.29, 1.82) is 0 Å². The molecule has 1 aromatic carbocycles. The van der Waals surface area contributed by atoms with E-state index in [-0.39, 0.29) is 6.10 Å². The normalized spacial score (nSPS) is 14.5. The Balaban J connectivity index is 1.62. The van der Waals surface area contributed by atoms with Crippen molar-refractivity contribution in [3.8, 4) is 17.4 Å². The molecular formula is C22H30N4O3. The Labute approximate surface area is 172 Å². The van der Waals surface area contributed by atoms with E-state index in [0.29, 0.717) is 24.9 Å². The highest BCUT2D eigenvalue weighted by Crippen LogP contribution is 2.34. The summed E-state index contributed by atoms with van der Waals surface area (Å²) in [5, 5.41) is 6.67. The van der Waals surface area contributed by atoms with E-state index in [1.54, 1.807) is 27.5 Å². The number of pyridine rings is 1. The molecule has 0 saturated heterocycles. The summed E-state index contributed by atoms with van der Waals surface area (Å²) in [5.41, 5.74) is 2.11. The van der Waals surface area contributed by atoms with Gasteiger partial charge in [0, 0.05) is 38.0 Å². The minimum absolute atomic E-state index is 0.268. The van der Waals surface area contributed by atoms with E-state index in [1.807, 2.05) is 24.3 Å². The Morgan fingerprint density at radius 2 is 1.90 bits per heavy atom. The molecule has 1 heterocycles. The van der Waals surface area contributed by atoms with Crippen molar-refractivity contribution >= 4 is 5.96 Å². The van der Waals surface area contributed by atoms with Crippen molar-refractivity contribution in [1.82, 2.24) is 15.6 Å². The van der Waals surface area contributed by atoms with Gasteiger partial charge < -0.3 is 24.8 Å². The smallest absolute Gasteiger partial charge is 0.213 e. The molecule has 0 unspecified atom stereocenters. The van der Waals surface area contributed by atoms with E-state index in [4.69, 9.17) is 14.2 Å². The Bertz CT molecular complexity index is 819. The molecule has 1 aliphatic rings. The van der Waals surface area contributed by atoms with Crippen molar-refractivity contribution in [2.45, 2.75) is 44.9 Å². The minimum atomic E-state index is 0.268. The van der Waals surface area contributed by atoms with Crippen molar-refractivity contribution in [2.24, 2.45) is 4.99 Å². The first kappa shape index (κ1) is 20.8. The summed E-state index contributed by atoms with van der Waals surface area (Å²) in [6.07, 6.45) is 6.65. The Morgan fingerprint density at radius 1 is 1.10 bits per heavy atom. The van der Waals surface area contributed by atoms with Crippen LogP contribution in [0.1, 0.15) is 36.8 Å². The molecule has 0 spiro atoms. The molecule has 0 amide bonds. The number of nitrogens with one attached hydrogen (secondary N) is 2. The van der Waals surface area contributed by atoms with Gasteiger partial charge in [0.1, 0.15) is 0 Å². The number of hydrogen-bond acceptors (Lipinski definition) is 5. The molecule has 1 aliphatic carbocycles. The molecule has 1 saturated carbocycles. The second kappa shape index (κ2) is 10.5. The SMILES string of the molecule is CN=C(NCc1ccnc(OC)c1)NCc1cccc(OC)c1OC1CCCC1. The number of rotatable bonds is 8. The molecule has 7 nitrogen and oxygen atoms in total. The molecule has 2 aromatic rings. The van der Waals surface area contributed by atoms with Gasteiger partial charge in [-0.05, 0) is 43.4 Å². The average Bonchev–Trinajstić information content (AvgIpc) is 3.28. The summed E-state index contributed by atoms with van der Waals surface area (Å²) >= 11 is 0. The molecule has 0 aliphatic heterocycles. The first-order valence-electron chi connectivity index (χ1n) is 9.99. The lowest BCUT2D eigenvalue weighted by atomic mass is 10.1. The number of ether oxygens (including phenoxy) is 3. The molecule has 156 valence electrons. The predicted octanol–water partition coefficient (Wildman–Crippen LogP) is 3.29. The lowest BCUT2D eigenvalue weighted by Crippen LogP contribution is -2.36. The van der Waals surface area contributed by atoms with E-state index < -0.39 is 0 Å². The maximum absolute atomic E-state index is 6.30. The lowest BCUT2D eigenvalue weighted by Gasteiger charge is -2.20. The monoisotopic (exact) mass is 398 g/mol. The standard InChI is InChI=1S/C22H30N4O3/c1-23-22(25-14-16-11-12-24-20(13-16)28-3)26-15-17-7-6-10-19(27-2)21(17)29-18-8-4-5-9-18/h6-7,10-13,18H,4-5,8-9,14-15H2,1-3H3,(H2,23,25,26). The number of guanidine groups is 1. The predicted molar refractivity (Wildman–Crippen MR) is 114 cm³/mol. The van der Waals surface area contributed by atoms with Crippen LogP contribution in [0.25, 0.3) is 0 Å². The Kier molecular flexibility index (Phi) is 7.55. The van der Waals surface area contributed by atoms with Gasteiger partial charge in [-0.15, -0.1) is 0 Å². The van der Waals surface area contributed by atoms with E-state index in [2.05, 4.69) is 26.7 Å². The largest absolute Gasteiger partial charge is 0.493 e. The second-order valence-corrected chi connectivity index (χ2v) is 6.96. The van der Waals surface area contributed by atoms with Crippen LogP contribution >= 0.6 is 0 Å². The van der Waals surface area contributed by atoms with Gasteiger partial charge in [0.25, 0.3) is 0 Å². The molecule has 0 bridgehead atoms. The van der Waals surface area contributed by atoms with Crippen LogP contribution < -0.4 is 24.8 Å². The highest BCUT2D eigenvalue weighted by Gasteiger charge is 2.20. The molecule has 0 atom stereocenters. The van der Waals surface area contributed by atoms with Gasteiger partial charge in [0.05, 0.1) is 20.3 Å². The summed E-state index contributed by atoms with van der Waals surface area (Å²) < 4.78 is 17.0. The fraction of sp³-hybridized carbons (Fsp3) is 0.455. The molecule has 2 N–H and O–H groups in total. The first-order chi connectivity index (χ1) is 14.2. The highest BCUT2D eigenvalue weighted by molar-refractivity contribution is 5.79. The maximum atomic E-state index is 6.30. The topological polar surface area (TPSA) is 77.0 Å². The number of methoxy groups -OCH3 is 2. The average molecular weight is 399 g/mol. The zero-order valence-electron chi connectivity index (χ0n) is 17.4. The van der Waals surface area contributed by atoms with Crippen LogP contribution in [0.2, 0.25) is 0 Å². The summed E-state index contributed by atoms with van der Waals surface area (Å²) in [6.45, 7) is 1.20. The van der Waals surface area contributed by atoms with Crippen LogP contribution in [0.15, 0.2) is 41.5 Å². The van der Waals surface area contributed by atoms with Crippen molar-refractivity contribution in [3.05, 3.63) is 47.7 Å². The number of para-hydroxylation sites is 1. The fourth-order valence-corrected chi connectivity index (χ4v) is 3.43. The highest BCUT2D eigenvalue weighted by atomic mass is 16.5. The number of aromatic nitrogens is 1. The van der Waals surface area contributed by atoms with E-state index >= 15 is 0 Å². The van der Waals surface area contributed by atoms with Gasteiger partial charge in [-0.1, -0.05) is 12.1 Å². The molecule has 29 heavy (non-hydrogen) atoms. The minimum Gasteiger partial charge on any atom is -0.493 e. The zero-order valence-corrected chi connectivity index (χ0v) is 17.4. The van der Waals surface area contributed by atoms with Gasteiger partial charge in [-0.3, -0.25) is 4.99 Å². The number of aliphatic imine (C=N–C) groups is 1. The van der Waals surface area contributed by atoms with Crippen LogP contribution in [-0.2, 0) is 13.1 Å². The summed E-state index contributed by atoms with van der Waals surface area (Å²) in [4.78, 5) is 8.44. The number of hydrogen-bond donors (Lipinski definition) is 2. The summed E-state index contributed by atoms with van der Waals surface area (Å²) in [6, 6.07) is 9.82. The van der Waals surface area contributed by atoms with Gasteiger partial charge in [0.15, 0.2) is 17.5 Å². The summed E-state index contributed by atoms with van der Waals surface area (Å²) in [5.74, 6) is 2.89. The fourth-order valence-electron chi connectivity index (χ4n) is 3.43. The van der Waals surface area contributed by atoms with Gasteiger partial charge >= 0.3 is 0 Å².